The van der Waals surface area contributed by atoms with Gasteiger partial charge in [0.15, 0.2) is 0 Å². The molecule has 2 heterocycles. The van der Waals surface area contributed by atoms with Crippen molar-refractivity contribution in [2.45, 2.75) is 12.6 Å². The summed E-state index contributed by atoms with van der Waals surface area (Å²) in [6.07, 6.45) is 0. The Balaban J connectivity index is 2.07. The third-order valence-electron chi connectivity index (χ3n) is 2.58. The Bertz CT molecular complexity index is 481. The van der Waals surface area contributed by atoms with E-state index in [1.165, 1.54) is 23.9 Å². The van der Waals surface area contributed by atoms with E-state index in [0.717, 1.165) is 0 Å². The Morgan fingerprint density at radius 2 is 2.39 bits per heavy atom. The van der Waals surface area contributed by atoms with Crippen molar-refractivity contribution in [3.63, 3.8) is 0 Å². The molecule has 7 nitrogen and oxygen atoms in total. The quantitative estimate of drug-likeness (QED) is 0.729. The fraction of sp³-hybridized carbons (Fsp3) is 0.545. The second-order valence-electron chi connectivity index (χ2n) is 3.98. The Labute approximate surface area is 104 Å². The number of nitrogens with zero attached hydrogens (tertiary/aromatic N) is 2. The molecule has 1 amide bonds. The van der Waals surface area contributed by atoms with Crippen molar-refractivity contribution in [3.05, 3.63) is 28.2 Å². The lowest BCUT2D eigenvalue weighted by atomic mass is 10.2. The maximum atomic E-state index is 11.8. The summed E-state index contributed by atoms with van der Waals surface area (Å²) in [5.41, 5.74) is -0.0341. The lowest BCUT2D eigenvalue weighted by Gasteiger charge is -2.26. The molecule has 0 aromatic carbocycles. The van der Waals surface area contributed by atoms with Crippen molar-refractivity contribution in [1.82, 2.24) is 15.1 Å². The maximum Gasteiger partial charge on any atom is 0.272 e. The minimum Gasteiger partial charge on any atom is -0.383 e. The van der Waals surface area contributed by atoms with Gasteiger partial charge in [0.25, 0.3) is 11.5 Å². The molecule has 0 spiro atoms. The molecule has 1 aliphatic heterocycles. The fourth-order valence-electron chi connectivity index (χ4n) is 1.49. The van der Waals surface area contributed by atoms with Crippen LogP contribution in [0.15, 0.2) is 16.9 Å². The summed E-state index contributed by atoms with van der Waals surface area (Å²) in [5.74, 6) is -0.297. The van der Waals surface area contributed by atoms with E-state index in [4.69, 9.17) is 9.47 Å². The number of amides is 1. The molecule has 1 aromatic rings. The molecule has 0 unspecified atom stereocenters. The molecule has 0 bridgehead atoms. The monoisotopic (exact) mass is 253 g/mol. The van der Waals surface area contributed by atoms with E-state index >= 15 is 0 Å². The first-order valence-electron chi connectivity index (χ1n) is 5.66. The fourth-order valence-corrected chi connectivity index (χ4v) is 1.49. The van der Waals surface area contributed by atoms with Crippen LogP contribution in [0.2, 0.25) is 0 Å². The summed E-state index contributed by atoms with van der Waals surface area (Å²) in [6, 6.07) is 2.79. The van der Waals surface area contributed by atoms with E-state index in [-0.39, 0.29) is 23.2 Å². The van der Waals surface area contributed by atoms with Gasteiger partial charge in [0.1, 0.15) is 5.69 Å². The minimum atomic E-state index is -0.297. The van der Waals surface area contributed by atoms with E-state index in [1.807, 2.05) is 0 Å². The van der Waals surface area contributed by atoms with E-state index in [9.17, 15) is 9.59 Å². The molecule has 0 atom stereocenters. The van der Waals surface area contributed by atoms with Crippen molar-refractivity contribution in [2.24, 2.45) is 0 Å². The third kappa shape index (κ3) is 2.93. The van der Waals surface area contributed by atoms with Gasteiger partial charge in [-0.3, -0.25) is 9.59 Å². The predicted molar refractivity (Wildman–Crippen MR) is 62.4 cm³/mol. The summed E-state index contributed by atoms with van der Waals surface area (Å²) >= 11 is 0. The van der Waals surface area contributed by atoms with Crippen molar-refractivity contribution < 1.29 is 14.3 Å². The number of nitrogens with one attached hydrogen (secondary N) is 1. The first-order chi connectivity index (χ1) is 8.70. The number of carbonyl (C=O) groups excluding carboxylic acids is 1. The van der Waals surface area contributed by atoms with Crippen molar-refractivity contribution in [1.29, 1.82) is 0 Å². The standard InChI is InChI=1S/C11H15N3O4/c1-17-5-4-14-10(15)3-2-9(13-14)11(16)12-8-6-18-7-8/h2-3,8H,4-7H2,1H3,(H,12,16). The van der Waals surface area contributed by atoms with E-state index in [0.29, 0.717) is 26.4 Å². The van der Waals surface area contributed by atoms with Crippen LogP contribution in [0, 0.1) is 0 Å². The van der Waals surface area contributed by atoms with Crippen LogP contribution in [0.25, 0.3) is 0 Å². The van der Waals surface area contributed by atoms with Crippen LogP contribution in [-0.4, -0.2) is 48.7 Å². The molecule has 1 aliphatic rings. The van der Waals surface area contributed by atoms with Gasteiger partial charge in [-0.2, -0.15) is 5.10 Å². The molecule has 1 aromatic heterocycles. The van der Waals surface area contributed by atoms with Crippen molar-refractivity contribution >= 4 is 5.91 Å². The SMILES string of the molecule is COCCn1nc(C(=O)NC2COC2)ccc1=O. The number of hydrogen-bond acceptors (Lipinski definition) is 5. The molecule has 98 valence electrons. The summed E-state index contributed by atoms with van der Waals surface area (Å²) in [5, 5.41) is 6.75. The van der Waals surface area contributed by atoms with E-state index in [2.05, 4.69) is 10.4 Å². The smallest absolute Gasteiger partial charge is 0.272 e. The summed E-state index contributed by atoms with van der Waals surface area (Å²) in [7, 11) is 1.54. The van der Waals surface area contributed by atoms with E-state index < -0.39 is 0 Å². The largest absolute Gasteiger partial charge is 0.383 e. The Kier molecular flexibility index (Phi) is 4.06. The highest BCUT2D eigenvalue weighted by molar-refractivity contribution is 5.92. The topological polar surface area (TPSA) is 82.5 Å². The predicted octanol–water partition coefficient (Wildman–Crippen LogP) is -0.982. The summed E-state index contributed by atoms with van der Waals surface area (Å²) in [4.78, 5) is 23.3. The molecule has 1 fully saturated rings. The van der Waals surface area contributed by atoms with Gasteiger partial charge in [0, 0.05) is 13.2 Å². The molecule has 7 heteroatoms. The van der Waals surface area contributed by atoms with Crippen LogP contribution < -0.4 is 10.9 Å². The van der Waals surface area contributed by atoms with Gasteiger partial charge in [-0.15, -0.1) is 0 Å². The average molecular weight is 253 g/mol. The number of aromatic nitrogens is 2. The zero-order valence-corrected chi connectivity index (χ0v) is 10.1. The van der Waals surface area contributed by atoms with Gasteiger partial charge in [-0.05, 0) is 6.07 Å². The first kappa shape index (κ1) is 12.7. The minimum absolute atomic E-state index is 0.0404. The molecule has 1 saturated heterocycles. The van der Waals surface area contributed by atoms with Gasteiger partial charge in [0.2, 0.25) is 0 Å². The Morgan fingerprint density at radius 3 is 3.00 bits per heavy atom. The van der Waals surface area contributed by atoms with Crippen LogP contribution in [0.4, 0.5) is 0 Å². The molecule has 0 aliphatic carbocycles. The van der Waals surface area contributed by atoms with E-state index in [1.54, 1.807) is 0 Å². The highest BCUT2D eigenvalue weighted by atomic mass is 16.5. The van der Waals surface area contributed by atoms with Crippen LogP contribution in [-0.2, 0) is 16.0 Å². The van der Waals surface area contributed by atoms with Crippen molar-refractivity contribution in [2.75, 3.05) is 26.9 Å². The van der Waals surface area contributed by atoms with Gasteiger partial charge in [-0.25, -0.2) is 4.68 Å². The number of rotatable bonds is 5. The molecule has 1 N–H and O–H groups in total. The molecule has 2 rings (SSSR count). The third-order valence-corrected chi connectivity index (χ3v) is 2.58. The zero-order valence-electron chi connectivity index (χ0n) is 10.1. The highest BCUT2D eigenvalue weighted by Crippen LogP contribution is 2.01. The van der Waals surface area contributed by atoms with Gasteiger partial charge < -0.3 is 14.8 Å². The Hall–Kier alpha value is -1.73. The molecule has 0 radical (unpaired) electrons. The van der Waals surface area contributed by atoms with Crippen LogP contribution in [0.3, 0.4) is 0 Å². The number of carbonyl (C=O) groups is 1. The summed E-state index contributed by atoms with van der Waals surface area (Å²) in [6.45, 7) is 1.74. The number of hydrogen-bond donors (Lipinski definition) is 1. The second kappa shape index (κ2) is 5.74. The molecule has 0 saturated carbocycles. The second-order valence-corrected chi connectivity index (χ2v) is 3.98. The van der Waals surface area contributed by atoms with Gasteiger partial charge in [0.05, 0.1) is 32.4 Å². The number of methoxy groups -OCH3 is 1. The van der Waals surface area contributed by atoms with Gasteiger partial charge in [-0.1, -0.05) is 0 Å². The normalized spacial score (nSPS) is 15.2. The summed E-state index contributed by atoms with van der Waals surface area (Å²) < 4.78 is 11.1. The van der Waals surface area contributed by atoms with Gasteiger partial charge >= 0.3 is 0 Å². The van der Waals surface area contributed by atoms with Crippen molar-refractivity contribution in [3.8, 4) is 0 Å². The average Bonchev–Trinajstić information content (AvgIpc) is 2.32. The zero-order chi connectivity index (χ0) is 13.0. The lowest BCUT2D eigenvalue weighted by molar-refractivity contribution is -0.00359. The van der Waals surface area contributed by atoms with Crippen LogP contribution in [0.1, 0.15) is 10.5 Å². The lowest BCUT2D eigenvalue weighted by Crippen LogP contribution is -2.49. The van der Waals surface area contributed by atoms with Crippen LogP contribution >= 0.6 is 0 Å². The molecule has 18 heavy (non-hydrogen) atoms. The molecular formula is C11H15N3O4. The first-order valence-corrected chi connectivity index (χ1v) is 5.66. The number of ether oxygens (including phenoxy) is 2. The Morgan fingerprint density at radius 1 is 1.61 bits per heavy atom. The molecular weight excluding hydrogens is 238 g/mol. The maximum absolute atomic E-state index is 11.8. The van der Waals surface area contributed by atoms with Crippen LogP contribution in [0.5, 0.6) is 0 Å². The highest BCUT2D eigenvalue weighted by Gasteiger charge is 2.21.